The number of aliphatic hydroxyl groups is 1. The van der Waals surface area contributed by atoms with Gasteiger partial charge in [0.15, 0.2) is 0 Å². The van der Waals surface area contributed by atoms with E-state index in [1.165, 1.54) is 19.3 Å². The largest absolute Gasteiger partial charge is 0.397 e. The summed E-state index contributed by atoms with van der Waals surface area (Å²) in [5.74, 6) is 1.98. The third kappa shape index (κ3) is 1.84. The molecule has 1 heteroatoms. The zero-order chi connectivity index (χ0) is 7.40. The summed E-state index contributed by atoms with van der Waals surface area (Å²) in [6.45, 7) is 1.93. The highest BCUT2D eigenvalue weighted by Gasteiger charge is 2.25. The van der Waals surface area contributed by atoms with E-state index >= 15 is 0 Å². The van der Waals surface area contributed by atoms with Crippen LogP contribution in [-0.2, 0) is 0 Å². The summed E-state index contributed by atoms with van der Waals surface area (Å²) in [4.78, 5) is 0. The quantitative estimate of drug-likeness (QED) is 0.510. The molecule has 2 unspecified atom stereocenters. The van der Waals surface area contributed by atoms with Crippen LogP contribution >= 0.6 is 0 Å². The second-order valence-corrected chi connectivity index (χ2v) is 3.03. The molecule has 0 radical (unpaired) electrons. The lowest BCUT2D eigenvalue weighted by Crippen LogP contribution is -1.82. The van der Waals surface area contributed by atoms with Crippen molar-refractivity contribution in [1.29, 1.82) is 0 Å². The molecule has 0 amide bonds. The molecule has 2 aliphatic carbocycles. The maximum absolute atomic E-state index is 7.57. The molecule has 1 nitrogen and oxygen atoms in total. The van der Waals surface area contributed by atoms with E-state index in [2.05, 4.69) is 12.2 Å². The SMILES string of the molecule is C1=CC2CCC1C2.CCO. The molecule has 0 aromatic carbocycles. The predicted molar refractivity (Wildman–Crippen MR) is 42.7 cm³/mol. The van der Waals surface area contributed by atoms with Gasteiger partial charge in [-0.1, -0.05) is 12.2 Å². The Hall–Kier alpha value is -0.300. The van der Waals surface area contributed by atoms with Gasteiger partial charge in [0.05, 0.1) is 0 Å². The zero-order valence-corrected chi connectivity index (χ0v) is 6.59. The summed E-state index contributed by atoms with van der Waals surface area (Å²) in [5, 5.41) is 7.57. The first kappa shape index (κ1) is 7.80. The average molecular weight is 140 g/mol. The summed E-state index contributed by atoms with van der Waals surface area (Å²) >= 11 is 0. The van der Waals surface area contributed by atoms with Gasteiger partial charge in [-0.25, -0.2) is 0 Å². The van der Waals surface area contributed by atoms with E-state index in [0.717, 1.165) is 11.8 Å². The fourth-order valence-electron chi connectivity index (χ4n) is 1.72. The average Bonchev–Trinajstić information content (AvgIpc) is 2.49. The Morgan fingerprint density at radius 1 is 1.30 bits per heavy atom. The van der Waals surface area contributed by atoms with Crippen molar-refractivity contribution in [2.45, 2.75) is 26.2 Å². The van der Waals surface area contributed by atoms with Crippen molar-refractivity contribution in [1.82, 2.24) is 0 Å². The van der Waals surface area contributed by atoms with E-state index in [1.807, 2.05) is 0 Å². The van der Waals surface area contributed by atoms with Crippen molar-refractivity contribution in [3.63, 3.8) is 0 Å². The van der Waals surface area contributed by atoms with Crippen molar-refractivity contribution in [2.24, 2.45) is 11.8 Å². The third-order valence-corrected chi connectivity index (χ3v) is 2.17. The minimum Gasteiger partial charge on any atom is -0.397 e. The minimum absolute atomic E-state index is 0.250. The molecule has 10 heavy (non-hydrogen) atoms. The van der Waals surface area contributed by atoms with Crippen LogP contribution in [0, 0.1) is 11.8 Å². The van der Waals surface area contributed by atoms with Crippen LogP contribution in [0.1, 0.15) is 26.2 Å². The number of rotatable bonds is 0. The van der Waals surface area contributed by atoms with E-state index in [4.69, 9.17) is 5.11 Å². The van der Waals surface area contributed by atoms with Gasteiger partial charge in [-0.15, -0.1) is 0 Å². The fourth-order valence-corrected chi connectivity index (χ4v) is 1.72. The first-order chi connectivity index (χ1) is 4.86. The maximum Gasteiger partial charge on any atom is 0.0402 e. The molecule has 1 saturated carbocycles. The van der Waals surface area contributed by atoms with E-state index in [9.17, 15) is 0 Å². The van der Waals surface area contributed by atoms with Crippen molar-refractivity contribution in [3.8, 4) is 0 Å². The molecule has 0 aromatic rings. The molecule has 2 atom stereocenters. The molecule has 0 spiro atoms. The highest BCUT2D eigenvalue weighted by atomic mass is 16.2. The molecular formula is C9H16O. The van der Waals surface area contributed by atoms with Crippen LogP contribution in [0.5, 0.6) is 0 Å². The molecular weight excluding hydrogens is 124 g/mol. The summed E-state index contributed by atoms with van der Waals surface area (Å²) in [6.07, 6.45) is 9.19. The fraction of sp³-hybridized carbons (Fsp3) is 0.778. The van der Waals surface area contributed by atoms with Crippen molar-refractivity contribution >= 4 is 0 Å². The monoisotopic (exact) mass is 140 g/mol. The number of hydrogen-bond acceptors (Lipinski definition) is 1. The van der Waals surface area contributed by atoms with E-state index in [1.54, 1.807) is 6.92 Å². The van der Waals surface area contributed by atoms with Crippen LogP contribution in [0.3, 0.4) is 0 Å². The first-order valence-corrected chi connectivity index (χ1v) is 4.16. The lowest BCUT2D eigenvalue weighted by Gasteiger charge is -1.96. The Morgan fingerprint density at radius 2 is 1.70 bits per heavy atom. The molecule has 0 heterocycles. The Bertz CT molecular complexity index is 106. The molecule has 0 aliphatic heterocycles. The van der Waals surface area contributed by atoms with Crippen LogP contribution in [0.4, 0.5) is 0 Å². The van der Waals surface area contributed by atoms with Crippen LogP contribution in [0.15, 0.2) is 12.2 Å². The summed E-state index contributed by atoms with van der Waals surface area (Å²) in [7, 11) is 0. The van der Waals surface area contributed by atoms with Crippen molar-refractivity contribution in [2.75, 3.05) is 6.61 Å². The Kier molecular flexibility index (Phi) is 2.94. The summed E-state index contributed by atoms with van der Waals surface area (Å²) in [6, 6.07) is 0. The van der Waals surface area contributed by atoms with E-state index in [0.29, 0.717) is 0 Å². The number of allylic oxidation sites excluding steroid dienone is 2. The molecule has 58 valence electrons. The second kappa shape index (κ2) is 3.77. The van der Waals surface area contributed by atoms with Gasteiger partial charge in [0.2, 0.25) is 0 Å². The molecule has 0 aromatic heterocycles. The van der Waals surface area contributed by atoms with Crippen molar-refractivity contribution < 1.29 is 5.11 Å². The zero-order valence-electron chi connectivity index (χ0n) is 6.59. The van der Waals surface area contributed by atoms with E-state index < -0.39 is 0 Å². The number of aliphatic hydroxyl groups excluding tert-OH is 1. The van der Waals surface area contributed by atoms with Gasteiger partial charge < -0.3 is 5.11 Å². The lowest BCUT2D eigenvalue weighted by atomic mass is 10.1. The Labute approximate surface area is 62.8 Å². The maximum atomic E-state index is 7.57. The highest BCUT2D eigenvalue weighted by molar-refractivity contribution is 5.06. The lowest BCUT2D eigenvalue weighted by molar-refractivity contribution is 0.318. The minimum atomic E-state index is 0.250. The summed E-state index contributed by atoms with van der Waals surface area (Å²) < 4.78 is 0. The smallest absolute Gasteiger partial charge is 0.0402 e. The molecule has 1 N–H and O–H groups in total. The first-order valence-electron chi connectivity index (χ1n) is 4.16. The molecule has 2 aliphatic rings. The Balaban J connectivity index is 0.000000148. The second-order valence-electron chi connectivity index (χ2n) is 3.03. The summed E-state index contributed by atoms with van der Waals surface area (Å²) in [5.41, 5.74) is 0. The van der Waals surface area contributed by atoms with Gasteiger partial charge in [-0.2, -0.15) is 0 Å². The van der Waals surface area contributed by atoms with Crippen LogP contribution in [-0.4, -0.2) is 11.7 Å². The molecule has 2 bridgehead atoms. The predicted octanol–water partition coefficient (Wildman–Crippen LogP) is 1.97. The van der Waals surface area contributed by atoms with Gasteiger partial charge in [0.1, 0.15) is 0 Å². The topological polar surface area (TPSA) is 20.2 Å². The molecule has 1 fully saturated rings. The molecule has 2 rings (SSSR count). The normalized spacial score (nSPS) is 33.8. The number of fused-ring (bicyclic) bond motifs is 2. The van der Waals surface area contributed by atoms with Crippen LogP contribution < -0.4 is 0 Å². The number of hydrogen-bond donors (Lipinski definition) is 1. The Morgan fingerprint density at radius 3 is 1.80 bits per heavy atom. The van der Waals surface area contributed by atoms with Gasteiger partial charge in [-0.05, 0) is 38.0 Å². The van der Waals surface area contributed by atoms with Crippen molar-refractivity contribution in [3.05, 3.63) is 12.2 Å². The van der Waals surface area contributed by atoms with Gasteiger partial charge in [0, 0.05) is 6.61 Å². The third-order valence-electron chi connectivity index (χ3n) is 2.17. The van der Waals surface area contributed by atoms with Gasteiger partial charge in [-0.3, -0.25) is 0 Å². The van der Waals surface area contributed by atoms with Gasteiger partial charge in [0.25, 0.3) is 0 Å². The molecule has 0 saturated heterocycles. The standard InChI is InChI=1S/C7H10.C2H6O/c1-2-7-4-3-6(1)5-7;1-2-3/h1-2,6-7H,3-5H2;3H,2H2,1H3. The highest BCUT2D eigenvalue weighted by Crippen LogP contribution is 2.38. The van der Waals surface area contributed by atoms with E-state index in [-0.39, 0.29) is 6.61 Å². The van der Waals surface area contributed by atoms with Crippen LogP contribution in [0.25, 0.3) is 0 Å². The van der Waals surface area contributed by atoms with Gasteiger partial charge >= 0.3 is 0 Å². The van der Waals surface area contributed by atoms with Crippen LogP contribution in [0.2, 0.25) is 0 Å².